The number of methoxy groups -OCH3 is 1. The van der Waals surface area contributed by atoms with E-state index in [1.165, 1.54) is 11.1 Å². The lowest BCUT2D eigenvalue weighted by Gasteiger charge is -2.27. The molecule has 5 heteroatoms. The molecular formula is C24H31N2O3+. The fraction of sp³-hybridized carbons (Fsp3) is 0.375. The Kier molecular flexibility index (Phi) is 7.30. The average Bonchev–Trinajstić information content (AvgIpc) is 2.75. The van der Waals surface area contributed by atoms with Gasteiger partial charge in [0.15, 0.2) is 18.0 Å². The Bertz CT molecular complexity index is 848. The predicted molar refractivity (Wildman–Crippen MR) is 115 cm³/mol. The number of nitrogens with one attached hydrogen (secondary N) is 1. The molecule has 0 saturated carbocycles. The molecule has 1 unspecified atom stereocenters. The highest BCUT2D eigenvalue weighted by Gasteiger charge is 2.21. The maximum Gasteiger partial charge on any atom is 0.278 e. The van der Waals surface area contributed by atoms with Crippen molar-refractivity contribution in [1.29, 1.82) is 0 Å². The summed E-state index contributed by atoms with van der Waals surface area (Å²) in [5.74, 6) is 1.68. The highest BCUT2D eigenvalue weighted by atomic mass is 16.5. The standard InChI is InChI=1S/C24H30N2O3/c1-4-29-22-11-10-19(16-23(22)28-3)17-25(2)18-24(27)26-14-12-21(13-15-26)20-8-6-5-7-9-20/h5-12,16H,4,13-15,17-18H2,1-3H3/p+1. The molecule has 1 heterocycles. The van der Waals surface area contributed by atoms with Crippen molar-refractivity contribution in [3.8, 4) is 11.5 Å². The van der Waals surface area contributed by atoms with E-state index in [2.05, 4.69) is 37.4 Å². The molecular weight excluding hydrogens is 364 g/mol. The van der Waals surface area contributed by atoms with Crippen LogP contribution in [-0.2, 0) is 11.3 Å². The second kappa shape index (κ2) is 10.1. The molecule has 1 aliphatic rings. The zero-order chi connectivity index (χ0) is 20.6. The zero-order valence-electron chi connectivity index (χ0n) is 17.6. The Hall–Kier alpha value is -2.79. The number of likely N-dealkylation sites (N-methyl/N-ethyl adjacent to an activating group) is 1. The molecule has 0 fully saturated rings. The third kappa shape index (κ3) is 5.61. The van der Waals surface area contributed by atoms with Gasteiger partial charge in [0.2, 0.25) is 0 Å². The predicted octanol–water partition coefficient (Wildman–Crippen LogP) is 2.42. The van der Waals surface area contributed by atoms with Crippen LogP contribution >= 0.6 is 0 Å². The number of rotatable bonds is 8. The zero-order valence-corrected chi connectivity index (χ0v) is 17.6. The van der Waals surface area contributed by atoms with Gasteiger partial charge in [-0.25, -0.2) is 0 Å². The summed E-state index contributed by atoms with van der Waals surface area (Å²) in [5.41, 5.74) is 3.71. The van der Waals surface area contributed by atoms with Gasteiger partial charge in [0.1, 0.15) is 6.54 Å². The van der Waals surface area contributed by atoms with Crippen LogP contribution < -0.4 is 14.4 Å². The van der Waals surface area contributed by atoms with E-state index in [9.17, 15) is 4.79 Å². The largest absolute Gasteiger partial charge is 0.493 e. The van der Waals surface area contributed by atoms with Crippen molar-refractivity contribution in [2.45, 2.75) is 19.9 Å². The molecule has 0 aliphatic carbocycles. The Balaban J connectivity index is 1.54. The summed E-state index contributed by atoms with van der Waals surface area (Å²) in [6.45, 7) is 5.26. The van der Waals surface area contributed by atoms with Gasteiger partial charge in [-0.05, 0) is 42.7 Å². The molecule has 0 spiro atoms. The average molecular weight is 396 g/mol. The summed E-state index contributed by atoms with van der Waals surface area (Å²) in [6.07, 6.45) is 3.09. The summed E-state index contributed by atoms with van der Waals surface area (Å²) in [4.78, 5) is 15.8. The molecule has 0 saturated heterocycles. The minimum absolute atomic E-state index is 0.198. The Labute approximate surface area is 173 Å². The van der Waals surface area contributed by atoms with Crippen molar-refractivity contribution in [2.75, 3.05) is 40.4 Å². The van der Waals surface area contributed by atoms with Crippen molar-refractivity contribution in [3.05, 3.63) is 65.7 Å². The molecule has 2 aromatic carbocycles. The number of hydrogen-bond acceptors (Lipinski definition) is 3. The number of quaternary nitrogens is 1. The summed E-state index contributed by atoms with van der Waals surface area (Å²) in [6, 6.07) is 16.4. The third-order valence-electron chi connectivity index (χ3n) is 5.19. The lowest BCUT2D eigenvalue weighted by atomic mass is 9.99. The van der Waals surface area contributed by atoms with Gasteiger partial charge < -0.3 is 19.3 Å². The number of benzene rings is 2. The number of carbonyl (C=O) groups excluding carboxylic acids is 1. The quantitative estimate of drug-likeness (QED) is 0.747. The molecule has 1 N–H and O–H groups in total. The molecule has 5 nitrogen and oxygen atoms in total. The SMILES string of the molecule is CCOc1ccc(C[NH+](C)CC(=O)N2CC=C(c3ccccc3)CC2)cc1OC. The van der Waals surface area contributed by atoms with Crippen molar-refractivity contribution in [2.24, 2.45) is 0 Å². The van der Waals surface area contributed by atoms with E-state index in [4.69, 9.17) is 9.47 Å². The highest BCUT2D eigenvalue weighted by molar-refractivity contribution is 5.79. The first-order valence-corrected chi connectivity index (χ1v) is 10.2. The van der Waals surface area contributed by atoms with E-state index in [1.807, 2.05) is 36.1 Å². The molecule has 1 atom stereocenters. The van der Waals surface area contributed by atoms with Crippen LogP contribution in [0, 0.1) is 0 Å². The van der Waals surface area contributed by atoms with Gasteiger partial charge in [0.05, 0.1) is 20.8 Å². The van der Waals surface area contributed by atoms with E-state index >= 15 is 0 Å². The fourth-order valence-electron chi connectivity index (χ4n) is 3.69. The van der Waals surface area contributed by atoms with Gasteiger partial charge in [-0.1, -0.05) is 36.4 Å². The molecule has 154 valence electrons. The van der Waals surface area contributed by atoms with Gasteiger partial charge in [-0.3, -0.25) is 4.79 Å². The van der Waals surface area contributed by atoms with E-state index in [-0.39, 0.29) is 5.91 Å². The summed E-state index contributed by atoms with van der Waals surface area (Å²) < 4.78 is 11.0. The normalized spacial score (nSPS) is 14.9. The van der Waals surface area contributed by atoms with Crippen LogP contribution in [0.15, 0.2) is 54.6 Å². The maximum absolute atomic E-state index is 12.7. The fourth-order valence-corrected chi connectivity index (χ4v) is 3.69. The smallest absolute Gasteiger partial charge is 0.278 e. The lowest BCUT2D eigenvalue weighted by Crippen LogP contribution is -3.08. The van der Waals surface area contributed by atoms with Crippen LogP contribution in [0.4, 0.5) is 0 Å². The van der Waals surface area contributed by atoms with Gasteiger partial charge >= 0.3 is 0 Å². The Morgan fingerprint density at radius 2 is 1.93 bits per heavy atom. The molecule has 0 aromatic heterocycles. The molecule has 3 rings (SSSR count). The van der Waals surface area contributed by atoms with Crippen LogP contribution in [0.2, 0.25) is 0 Å². The van der Waals surface area contributed by atoms with E-state index < -0.39 is 0 Å². The Morgan fingerprint density at radius 1 is 1.14 bits per heavy atom. The molecule has 2 aromatic rings. The third-order valence-corrected chi connectivity index (χ3v) is 5.19. The summed E-state index contributed by atoms with van der Waals surface area (Å²) >= 11 is 0. The first kappa shape index (κ1) is 20.9. The molecule has 29 heavy (non-hydrogen) atoms. The van der Waals surface area contributed by atoms with Gasteiger partial charge in [-0.2, -0.15) is 0 Å². The molecule has 1 aliphatic heterocycles. The van der Waals surface area contributed by atoms with Crippen LogP contribution in [0.3, 0.4) is 0 Å². The molecule has 1 amide bonds. The number of nitrogens with zero attached hydrogens (tertiary/aromatic N) is 1. The van der Waals surface area contributed by atoms with Crippen molar-refractivity contribution < 1.29 is 19.2 Å². The van der Waals surface area contributed by atoms with E-state index in [1.54, 1.807) is 7.11 Å². The van der Waals surface area contributed by atoms with Crippen LogP contribution in [-0.4, -0.2) is 51.2 Å². The molecule has 0 radical (unpaired) electrons. The number of hydrogen-bond donors (Lipinski definition) is 1. The topological polar surface area (TPSA) is 43.2 Å². The van der Waals surface area contributed by atoms with Crippen LogP contribution in [0.5, 0.6) is 11.5 Å². The molecule has 0 bridgehead atoms. The minimum Gasteiger partial charge on any atom is -0.493 e. The van der Waals surface area contributed by atoms with E-state index in [0.29, 0.717) is 19.7 Å². The minimum atomic E-state index is 0.198. The second-order valence-electron chi connectivity index (χ2n) is 7.41. The lowest BCUT2D eigenvalue weighted by molar-refractivity contribution is -0.885. The van der Waals surface area contributed by atoms with Crippen molar-refractivity contribution in [1.82, 2.24) is 4.90 Å². The maximum atomic E-state index is 12.7. The van der Waals surface area contributed by atoms with Crippen LogP contribution in [0.1, 0.15) is 24.5 Å². The highest BCUT2D eigenvalue weighted by Crippen LogP contribution is 2.27. The number of ether oxygens (including phenoxy) is 2. The van der Waals surface area contributed by atoms with Gasteiger partial charge in [0.25, 0.3) is 5.91 Å². The van der Waals surface area contributed by atoms with E-state index in [0.717, 1.165) is 41.5 Å². The monoisotopic (exact) mass is 395 g/mol. The first-order valence-electron chi connectivity index (χ1n) is 10.2. The summed E-state index contributed by atoms with van der Waals surface area (Å²) in [5, 5.41) is 0. The second-order valence-corrected chi connectivity index (χ2v) is 7.41. The van der Waals surface area contributed by atoms with Crippen molar-refractivity contribution in [3.63, 3.8) is 0 Å². The van der Waals surface area contributed by atoms with Crippen LogP contribution in [0.25, 0.3) is 5.57 Å². The summed E-state index contributed by atoms with van der Waals surface area (Å²) in [7, 11) is 3.70. The first-order chi connectivity index (χ1) is 14.1. The Morgan fingerprint density at radius 3 is 2.59 bits per heavy atom. The number of carbonyl (C=O) groups is 1. The van der Waals surface area contributed by atoms with Gasteiger partial charge in [-0.15, -0.1) is 0 Å². The number of amides is 1. The van der Waals surface area contributed by atoms with Crippen molar-refractivity contribution >= 4 is 11.5 Å². The van der Waals surface area contributed by atoms with Gasteiger partial charge in [0, 0.05) is 18.7 Å².